The Labute approximate surface area is 332 Å². The maximum absolute atomic E-state index is 14.3. The standard InChI is InChI=1S/C41H56N8O8/c1-5-25(4)35(48-36(51)28(18-27-13-15-30(50)16-14-27)21-44-38(53)34(42)24(2)3)39(54)46-31(20-29-22-43-23-45-29)40(55)49-17-9-12-33(49)37(52)47-32(41(56)57)19-26-10-7-6-8-11-26/h6-8,10-11,13-16,22-25,28,31-35,50H,5,9,12,17-21,42H2,1-4H3,(H,43,45)(H,44,53)(H,46,54)(H,47,52)(H,48,51)(H,56,57). The number of imidazole rings is 1. The van der Waals surface area contributed by atoms with Gasteiger partial charge in [0, 0.05) is 37.8 Å². The van der Waals surface area contributed by atoms with Crippen LogP contribution in [0.3, 0.4) is 0 Å². The maximum Gasteiger partial charge on any atom is 0.326 e. The number of phenolic OH excluding ortho intramolecular Hbond substituents is 1. The van der Waals surface area contributed by atoms with Crippen LogP contribution in [0.25, 0.3) is 0 Å². The number of nitrogens with two attached hydrogens (primary N) is 1. The molecule has 0 aliphatic carbocycles. The number of hydrogen-bond acceptors (Lipinski definition) is 9. The third-order valence-electron chi connectivity index (χ3n) is 10.5. The summed E-state index contributed by atoms with van der Waals surface area (Å²) in [6.45, 7) is 7.41. The summed E-state index contributed by atoms with van der Waals surface area (Å²) in [5, 5.41) is 30.8. The van der Waals surface area contributed by atoms with Crippen molar-refractivity contribution in [3.8, 4) is 5.75 Å². The van der Waals surface area contributed by atoms with Crippen LogP contribution in [0.4, 0.5) is 0 Å². The van der Waals surface area contributed by atoms with Crippen molar-refractivity contribution < 1.29 is 39.0 Å². The summed E-state index contributed by atoms with van der Waals surface area (Å²) in [6.07, 6.45) is 4.44. The smallest absolute Gasteiger partial charge is 0.326 e. The molecule has 1 saturated heterocycles. The highest BCUT2D eigenvalue weighted by molar-refractivity contribution is 5.96. The molecule has 2 aromatic carbocycles. The van der Waals surface area contributed by atoms with E-state index in [1.54, 1.807) is 49.4 Å². The fraction of sp³-hybridized carbons (Fsp3) is 0.488. The van der Waals surface area contributed by atoms with E-state index in [4.69, 9.17) is 5.73 Å². The summed E-state index contributed by atoms with van der Waals surface area (Å²) in [7, 11) is 0. The van der Waals surface area contributed by atoms with Crippen molar-refractivity contribution >= 4 is 35.5 Å². The molecule has 2 heterocycles. The molecule has 9 N–H and O–H groups in total. The second-order valence-corrected chi connectivity index (χ2v) is 15.1. The van der Waals surface area contributed by atoms with Gasteiger partial charge in [-0.2, -0.15) is 0 Å². The van der Waals surface area contributed by atoms with Gasteiger partial charge in [-0.1, -0.05) is 76.6 Å². The molecule has 57 heavy (non-hydrogen) atoms. The second kappa shape index (κ2) is 20.9. The Hall–Kier alpha value is -5.77. The Bertz CT molecular complexity index is 1800. The maximum atomic E-state index is 14.3. The van der Waals surface area contributed by atoms with E-state index in [0.717, 1.165) is 5.56 Å². The number of aromatic hydroxyl groups is 1. The average molecular weight is 789 g/mol. The lowest BCUT2D eigenvalue weighted by Crippen LogP contribution is -2.59. The van der Waals surface area contributed by atoms with Crippen molar-refractivity contribution in [1.82, 2.24) is 36.1 Å². The van der Waals surface area contributed by atoms with Gasteiger partial charge in [-0.3, -0.25) is 24.0 Å². The molecule has 0 radical (unpaired) electrons. The van der Waals surface area contributed by atoms with Gasteiger partial charge in [0.05, 0.1) is 18.3 Å². The number of hydrogen-bond donors (Lipinski definition) is 8. The molecule has 308 valence electrons. The van der Waals surface area contributed by atoms with E-state index < -0.39 is 77.6 Å². The van der Waals surface area contributed by atoms with Gasteiger partial charge in [-0.05, 0) is 54.4 Å². The van der Waals surface area contributed by atoms with Crippen molar-refractivity contribution in [3.63, 3.8) is 0 Å². The minimum Gasteiger partial charge on any atom is -0.508 e. The van der Waals surface area contributed by atoms with E-state index >= 15 is 0 Å². The zero-order valence-electron chi connectivity index (χ0n) is 32.9. The summed E-state index contributed by atoms with van der Waals surface area (Å²) >= 11 is 0. The van der Waals surface area contributed by atoms with E-state index in [1.807, 2.05) is 20.8 Å². The van der Waals surface area contributed by atoms with Gasteiger partial charge in [0.25, 0.3) is 0 Å². The molecule has 0 spiro atoms. The van der Waals surface area contributed by atoms with Crippen LogP contribution >= 0.6 is 0 Å². The lowest BCUT2D eigenvalue weighted by molar-refractivity contribution is -0.145. The lowest BCUT2D eigenvalue weighted by atomic mass is 9.94. The number of likely N-dealkylation sites (tertiary alicyclic amines) is 1. The number of carbonyl (C=O) groups excluding carboxylic acids is 5. The van der Waals surface area contributed by atoms with Crippen LogP contribution in [-0.4, -0.2) is 104 Å². The number of carboxylic acids is 1. The third-order valence-corrected chi connectivity index (χ3v) is 10.5. The first-order valence-corrected chi connectivity index (χ1v) is 19.4. The van der Waals surface area contributed by atoms with Crippen LogP contribution in [0.15, 0.2) is 67.1 Å². The van der Waals surface area contributed by atoms with Crippen molar-refractivity contribution in [2.24, 2.45) is 23.5 Å². The molecule has 0 saturated carbocycles. The fourth-order valence-electron chi connectivity index (χ4n) is 6.69. The number of aliphatic carboxylic acids is 1. The summed E-state index contributed by atoms with van der Waals surface area (Å²) in [5.74, 6) is -5.24. The van der Waals surface area contributed by atoms with Crippen molar-refractivity contribution in [1.29, 1.82) is 0 Å². The first-order chi connectivity index (χ1) is 27.2. The highest BCUT2D eigenvalue weighted by Crippen LogP contribution is 2.21. The van der Waals surface area contributed by atoms with Crippen LogP contribution < -0.4 is 27.0 Å². The fourth-order valence-corrected chi connectivity index (χ4v) is 6.69. The third kappa shape index (κ3) is 12.6. The summed E-state index contributed by atoms with van der Waals surface area (Å²) in [5.41, 5.74) is 8.02. The molecule has 0 bridgehead atoms. The molecule has 3 aromatic rings. The number of aromatic amines is 1. The molecular weight excluding hydrogens is 732 g/mol. The lowest BCUT2D eigenvalue weighted by Gasteiger charge is -2.31. The number of aromatic nitrogens is 2. The van der Waals surface area contributed by atoms with E-state index in [1.165, 1.54) is 29.6 Å². The van der Waals surface area contributed by atoms with Crippen LogP contribution in [0.2, 0.25) is 0 Å². The van der Waals surface area contributed by atoms with Gasteiger partial charge in [0.15, 0.2) is 0 Å². The Morgan fingerprint density at radius 2 is 1.56 bits per heavy atom. The van der Waals surface area contributed by atoms with Crippen molar-refractivity contribution in [2.45, 2.75) is 96.4 Å². The number of rotatable bonds is 20. The summed E-state index contributed by atoms with van der Waals surface area (Å²) in [4.78, 5) is 89.4. The Balaban J connectivity index is 1.54. The van der Waals surface area contributed by atoms with Crippen LogP contribution in [0.5, 0.6) is 5.75 Å². The molecule has 7 atom stereocenters. The molecule has 1 aromatic heterocycles. The van der Waals surface area contributed by atoms with Gasteiger partial charge >= 0.3 is 5.97 Å². The normalized spacial score (nSPS) is 17.1. The zero-order chi connectivity index (χ0) is 41.6. The molecule has 5 amide bonds. The monoisotopic (exact) mass is 788 g/mol. The van der Waals surface area contributed by atoms with Crippen LogP contribution in [0.1, 0.15) is 63.8 Å². The van der Waals surface area contributed by atoms with Gasteiger partial charge < -0.3 is 47.1 Å². The average Bonchev–Trinajstić information content (AvgIpc) is 3.91. The second-order valence-electron chi connectivity index (χ2n) is 15.1. The predicted octanol–water partition coefficient (Wildman–Crippen LogP) is 1.44. The van der Waals surface area contributed by atoms with Gasteiger partial charge in [0.2, 0.25) is 29.5 Å². The number of H-pyrrole nitrogens is 1. The topological polar surface area (TPSA) is 249 Å². The van der Waals surface area contributed by atoms with Gasteiger partial charge in [-0.15, -0.1) is 0 Å². The first kappa shape index (κ1) is 44.0. The van der Waals surface area contributed by atoms with Crippen LogP contribution in [0, 0.1) is 17.8 Å². The molecule has 1 aliphatic rings. The van der Waals surface area contributed by atoms with E-state index in [9.17, 15) is 39.0 Å². The van der Waals surface area contributed by atoms with E-state index in [2.05, 4.69) is 31.2 Å². The number of amides is 5. The zero-order valence-corrected chi connectivity index (χ0v) is 32.9. The molecule has 16 heteroatoms. The molecule has 16 nitrogen and oxygen atoms in total. The Morgan fingerprint density at radius 3 is 2.18 bits per heavy atom. The molecule has 4 rings (SSSR count). The minimum absolute atomic E-state index is 0.00599. The van der Waals surface area contributed by atoms with Crippen molar-refractivity contribution in [2.75, 3.05) is 13.1 Å². The molecule has 7 unspecified atom stereocenters. The number of nitrogens with one attached hydrogen (secondary N) is 5. The number of nitrogens with zero attached hydrogens (tertiary/aromatic N) is 2. The van der Waals surface area contributed by atoms with Gasteiger partial charge in [-0.25, -0.2) is 9.78 Å². The highest BCUT2D eigenvalue weighted by atomic mass is 16.4. The predicted molar refractivity (Wildman–Crippen MR) is 211 cm³/mol. The minimum atomic E-state index is -1.23. The van der Waals surface area contributed by atoms with E-state index in [-0.39, 0.29) is 44.0 Å². The largest absolute Gasteiger partial charge is 0.508 e. The summed E-state index contributed by atoms with van der Waals surface area (Å²) < 4.78 is 0. The molecular formula is C41H56N8O8. The molecule has 1 fully saturated rings. The number of benzene rings is 2. The molecule has 1 aliphatic heterocycles. The quantitative estimate of drug-likeness (QED) is 0.0818. The van der Waals surface area contributed by atoms with E-state index in [0.29, 0.717) is 30.5 Å². The summed E-state index contributed by atoms with van der Waals surface area (Å²) in [6, 6.07) is 9.95. The first-order valence-electron chi connectivity index (χ1n) is 19.4. The van der Waals surface area contributed by atoms with Crippen molar-refractivity contribution in [3.05, 3.63) is 83.9 Å². The number of carboxylic acid groups (broad SMARTS) is 1. The van der Waals surface area contributed by atoms with Crippen LogP contribution in [-0.2, 0) is 48.0 Å². The number of carbonyl (C=O) groups is 6. The van der Waals surface area contributed by atoms with Gasteiger partial charge in [0.1, 0.15) is 29.9 Å². The Morgan fingerprint density at radius 1 is 0.877 bits per heavy atom. The SMILES string of the molecule is CCC(C)C(NC(=O)C(CNC(=O)C(N)C(C)C)Cc1ccc(O)cc1)C(=O)NC(Cc1cnc[nH]1)C(=O)N1CCCC1C(=O)NC(Cc1ccccc1)C(=O)O. The Kier molecular flexibility index (Phi) is 16.2. The number of phenols is 1. The highest BCUT2D eigenvalue weighted by Gasteiger charge is 2.40.